The van der Waals surface area contributed by atoms with Crippen LogP contribution in [0.2, 0.25) is 0 Å². The Balaban J connectivity index is 3.01. The van der Waals surface area contributed by atoms with Crippen LogP contribution in [0, 0.1) is 0 Å². The van der Waals surface area contributed by atoms with Crippen LogP contribution in [0.15, 0.2) is 24.3 Å². The van der Waals surface area contributed by atoms with E-state index in [-0.39, 0.29) is 12.5 Å². The van der Waals surface area contributed by atoms with Gasteiger partial charge in [0, 0.05) is 32.2 Å². The molecule has 0 fully saturated rings. The summed E-state index contributed by atoms with van der Waals surface area (Å²) in [5.74, 6) is -0.0561. The molecule has 0 aromatic heterocycles. The standard InChI is InChI=1S/C14H20N2O3/c1-4-16(5-2)13(17)12-9-7-6-8-11(12)10-15(3)14(18)19/h6-9H,4-5,10H2,1-3H3,(H,18,19). The largest absolute Gasteiger partial charge is 0.465 e. The van der Waals surface area contributed by atoms with Crippen molar-refractivity contribution in [1.82, 2.24) is 9.80 Å². The smallest absolute Gasteiger partial charge is 0.407 e. The maximum Gasteiger partial charge on any atom is 0.407 e. The molecule has 5 heteroatoms. The fourth-order valence-corrected chi connectivity index (χ4v) is 1.87. The van der Waals surface area contributed by atoms with Crippen LogP contribution >= 0.6 is 0 Å². The Kier molecular flexibility index (Phi) is 5.36. The van der Waals surface area contributed by atoms with E-state index in [2.05, 4.69) is 0 Å². The van der Waals surface area contributed by atoms with Gasteiger partial charge in [-0.1, -0.05) is 18.2 Å². The lowest BCUT2D eigenvalue weighted by Crippen LogP contribution is -2.32. The predicted octanol–water partition coefficient (Wildman–Crippen LogP) is 2.28. The van der Waals surface area contributed by atoms with E-state index in [0.29, 0.717) is 18.7 Å². The van der Waals surface area contributed by atoms with Crippen molar-refractivity contribution in [3.63, 3.8) is 0 Å². The highest BCUT2D eigenvalue weighted by Gasteiger charge is 2.17. The quantitative estimate of drug-likeness (QED) is 0.887. The predicted molar refractivity (Wildman–Crippen MR) is 73.2 cm³/mol. The van der Waals surface area contributed by atoms with E-state index in [1.807, 2.05) is 19.9 Å². The number of carbonyl (C=O) groups excluding carboxylic acids is 1. The lowest BCUT2D eigenvalue weighted by Gasteiger charge is -2.21. The Morgan fingerprint density at radius 2 is 1.74 bits per heavy atom. The van der Waals surface area contributed by atoms with Crippen molar-refractivity contribution in [3.8, 4) is 0 Å². The number of carbonyl (C=O) groups is 2. The van der Waals surface area contributed by atoms with Gasteiger partial charge >= 0.3 is 6.09 Å². The first-order valence-corrected chi connectivity index (χ1v) is 6.32. The summed E-state index contributed by atoms with van der Waals surface area (Å²) in [6, 6.07) is 7.13. The Morgan fingerprint density at radius 1 is 1.16 bits per heavy atom. The molecule has 0 aliphatic rings. The highest BCUT2D eigenvalue weighted by molar-refractivity contribution is 5.95. The van der Waals surface area contributed by atoms with Crippen molar-refractivity contribution >= 4 is 12.0 Å². The zero-order valence-electron chi connectivity index (χ0n) is 11.6. The van der Waals surface area contributed by atoms with E-state index >= 15 is 0 Å². The zero-order valence-corrected chi connectivity index (χ0v) is 11.6. The molecule has 0 bridgehead atoms. The molecule has 1 aromatic carbocycles. The first-order valence-electron chi connectivity index (χ1n) is 6.32. The van der Waals surface area contributed by atoms with Gasteiger partial charge in [0.2, 0.25) is 0 Å². The minimum Gasteiger partial charge on any atom is -0.465 e. The lowest BCUT2D eigenvalue weighted by molar-refractivity contribution is 0.0770. The molecule has 5 nitrogen and oxygen atoms in total. The minimum atomic E-state index is -1.01. The molecule has 0 atom stereocenters. The number of nitrogens with zero attached hydrogens (tertiary/aromatic N) is 2. The molecule has 0 saturated heterocycles. The van der Waals surface area contributed by atoms with E-state index in [9.17, 15) is 9.59 Å². The van der Waals surface area contributed by atoms with Gasteiger partial charge in [-0.3, -0.25) is 4.79 Å². The van der Waals surface area contributed by atoms with Gasteiger partial charge < -0.3 is 14.9 Å². The van der Waals surface area contributed by atoms with Gasteiger partial charge in [-0.05, 0) is 25.5 Å². The molecule has 2 amide bonds. The molecule has 104 valence electrons. The van der Waals surface area contributed by atoms with Crippen molar-refractivity contribution < 1.29 is 14.7 Å². The molecular weight excluding hydrogens is 244 g/mol. The van der Waals surface area contributed by atoms with Crippen molar-refractivity contribution in [3.05, 3.63) is 35.4 Å². The normalized spacial score (nSPS) is 10.1. The topological polar surface area (TPSA) is 60.9 Å². The van der Waals surface area contributed by atoms with Gasteiger partial charge in [0.05, 0.1) is 0 Å². The second-order valence-corrected chi connectivity index (χ2v) is 4.27. The molecule has 0 saturated carbocycles. The molecule has 0 aliphatic heterocycles. The second-order valence-electron chi connectivity index (χ2n) is 4.27. The summed E-state index contributed by atoms with van der Waals surface area (Å²) in [7, 11) is 1.49. The number of benzene rings is 1. The van der Waals surface area contributed by atoms with Gasteiger partial charge in [0.15, 0.2) is 0 Å². The SMILES string of the molecule is CCN(CC)C(=O)c1ccccc1CN(C)C(=O)O. The summed E-state index contributed by atoms with van der Waals surface area (Å²) in [5, 5.41) is 8.90. The average Bonchev–Trinajstić information content (AvgIpc) is 2.40. The van der Waals surface area contributed by atoms with E-state index < -0.39 is 6.09 Å². The van der Waals surface area contributed by atoms with Crippen molar-refractivity contribution in [2.24, 2.45) is 0 Å². The summed E-state index contributed by atoms with van der Waals surface area (Å²) >= 11 is 0. The highest BCUT2D eigenvalue weighted by atomic mass is 16.4. The van der Waals surface area contributed by atoms with E-state index in [0.717, 1.165) is 10.5 Å². The molecule has 0 unspecified atom stereocenters. The third-order valence-corrected chi connectivity index (χ3v) is 3.03. The van der Waals surface area contributed by atoms with E-state index in [1.165, 1.54) is 7.05 Å². The third-order valence-electron chi connectivity index (χ3n) is 3.03. The van der Waals surface area contributed by atoms with Crippen LogP contribution < -0.4 is 0 Å². The molecule has 0 aliphatic carbocycles. The first-order chi connectivity index (χ1) is 9.01. The molecule has 0 radical (unpaired) electrons. The van der Waals surface area contributed by atoms with Gasteiger partial charge in [-0.25, -0.2) is 4.79 Å². The van der Waals surface area contributed by atoms with E-state index in [4.69, 9.17) is 5.11 Å². The van der Waals surface area contributed by atoms with Crippen LogP contribution in [0.5, 0.6) is 0 Å². The number of hydrogen-bond donors (Lipinski definition) is 1. The Morgan fingerprint density at radius 3 is 2.26 bits per heavy atom. The van der Waals surface area contributed by atoms with Crippen LogP contribution in [0.4, 0.5) is 4.79 Å². The molecule has 1 rings (SSSR count). The average molecular weight is 264 g/mol. The van der Waals surface area contributed by atoms with Crippen LogP contribution in [-0.2, 0) is 6.54 Å². The molecule has 0 heterocycles. The summed E-state index contributed by atoms with van der Waals surface area (Å²) in [6.45, 7) is 5.33. The lowest BCUT2D eigenvalue weighted by atomic mass is 10.1. The monoisotopic (exact) mass is 264 g/mol. The molecule has 0 spiro atoms. The number of hydrogen-bond acceptors (Lipinski definition) is 2. The fraction of sp³-hybridized carbons (Fsp3) is 0.429. The Hall–Kier alpha value is -2.04. The Bertz CT molecular complexity index is 456. The maximum absolute atomic E-state index is 12.3. The molecule has 1 N–H and O–H groups in total. The summed E-state index contributed by atoms with van der Waals surface area (Å²) in [6.07, 6.45) is -1.01. The van der Waals surface area contributed by atoms with Gasteiger partial charge in [0.25, 0.3) is 5.91 Å². The van der Waals surface area contributed by atoms with Crippen molar-refractivity contribution in [2.45, 2.75) is 20.4 Å². The molecule has 1 aromatic rings. The summed E-state index contributed by atoms with van der Waals surface area (Å²) in [4.78, 5) is 26.1. The first kappa shape index (κ1) is 15.0. The number of rotatable bonds is 5. The van der Waals surface area contributed by atoms with Crippen LogP contribution in [-0.4, -0.2) is 47.0 Å². The summed E-state index contributed by atoms with van der Waals surface area (Å²) < 4.78 is 0. The fourth-order valence-electron chi connectivity index (χ4n) is 1.87. The maximum atomic E-state index is 12.3. The van der Waals surface area contributed by atoms with Gasteiger partial charge in [0.1, 0.15) is 0 Å². The Labute approximate surface area is 113 Å². The van der Waals surface area contributed by atoms with Crippen LogP contribution in [0.25, 0.3) is 0 Å². The molecule has 19 heavy (non-hydrogen) atoms. The van der Waals surface area contributed by atoms with Gasteiger partial charge in [-0.15, -0.1) is 0 Å². The highest BCUT2D eigenvalue weighted by Crippen LogP contribution is 2.14. The van der Waals surface area contributed by atoms with Gasteiger partial charge in [-0.2, -0.15) is 0 Å². The molecular formula is C14H20N2O3. The second kappa shape index (κ2) is 6.78. The van der Waals surface area contributed by atoms with Crippen LogP contribution in [0.1, 0.15) is 29.8 Å². The zero-order chi connectivity index (χ0) is 14.4. The van der Waals surface area contributed by atoms with E-state index in [1.54, 1.807) is 23.1 Å². The van der Waals surface area contributed by atoms with Crippen molar-refractivity contribution in [2.75, 3.05) is 20.1 Å². The minimum absolute atomic E-state index is 0.0561. The number of amides is 2. The third kappa shape index (κ3) is 3.71. The van der Waals surface area contributed by atoms with Crippen LogP contribution in [0.3, 0.4) is 0 Å². The van der Waals surface area contributed by atoms with Crippen molar-refractivity contribution in [1.29, 1.82) is 0 Å². The number of carboxylic acid groups (broad SMARTS) is 1. The summed E-state index contributed by atoms with van der Waals surface area (Å²) in [5.41, 5.74) is 1.30.